The van der Waals surface area contributed by atoms with Crippen LogP contribution in [0.4, 0.5) is 5.13 Å². The van der Waals surface area contributed by atoms with E-state index in [1.165, 1.54) is 16.2 Å². The minimum Gasteiger partial charge on any atom is -0.507 e. The first-order valence-corrected chi connectivity index (χ1v) is 9.52. The van der Waals surface area contributed by atoms with Gasteiger partial charge in [0.25, 0.3) is 5.78 Å². The monoisotopic (exact) mass is 391 g/mol. The van der Waals surface area contributed by atoms with Crippen molar-refractivity contribution in [2.24, 2.45) is 0 Å². The molecule has 28 heavy (non-hydrogen) atoms. The van der Waals surface area contributed by atoms with Gasteiger partial charge in [0.2, 0.25) is 5.13 Å². The van der Waals surface area contributed by atoms with Crippen LogP contribution in [0.5, 0.6) is 0 Å². The number of carbonyl (C=O) groups is 2. The molecule has 2 heterocycles. The third-order valence-electron chi connectivity index (χ3n) is 4.61. The first kappa shape index (κ1) is 18.1. The van der Waals surface area contributed by atoms with Gasteiger partial charge in [-0.1, -0.05) is 71.5 Å². The Bertz CT molecular complexity index is 1090. The van der Waals surface area contributed by atoms with Gasteiger partial charge < -0.3 is 5.11 Å². The van der Waals surface area contributed by atoms with E-state index in [2.05, 4.69) is 10.2 Å². The second-order valence-electron chi connectivity index (χ2n) is 6.55. The van der Waals surface area contributed by atoms with Crippen LogP contribution in [0.1, 0.15) is 27.7 Å². The summed E-state index contributed by atoms with van der Waals surface area (Å²) in [6, 6.07) is 15.5. The van der Waals surface area contributed by atoms with Crippen LogP contribution in [-0.2, 0) is 9.59 Å². The van der Waals surface area contributed by atoms with E-state index < -0.39 is 17.7 Å². The van der Waals surface area contributed by atoms with Gasteiger partial charge in [0, 0.05) is 5.56 Å². The Balaban J connectivity index is 1.93. The summed E-state index contributed by atoms with van der Waals surface area (Å²) < 4.78 is 0. The Hall–Kier alpha value is -3.32. The number of aliphatic hydroxyl groups excluding tert-OH is 1. The van der Waals surface area contributed by atoms with Crippen molar-refractivity contribution in [1.29, 1.82) is 0 Å². The van der Waals surface area contributed by atoms with E-state index in [0.717, 1.165) is 5.56 Å². The number of benzene rings is 2. The van der Waals surface area contributed by atoms with Gasteiger partial charge in [0.05, 0.1) is 11.6 Å². The van der Waals surface area contributed by atoms with E-state index in [-0.39, 0.29) is 11.3 Å². The summed E-state index contributed by atoms with van der Waals surface area (Å²) in [6.45, 7) is 3.71. The lowest BCUT2D eigenvalue weighted by atomic mass is 9.95. The summed E-state index contributed by atoms with van der Waals surface area (Å²) in [5.41, 5.74) is 2.27. The number of ketones is 1. The Kier molecular flexibility index (Phi) is 4.52. The van der Waals surface area contributed by atoms with E-state index in [9.17, 15) is 14.7 Å². The molecule has 1 aromatic heterocycles. The minimum atomic E-state index is -0.769. The molecule has 0 radical (unpaired) electrons. The van der Waals surface area contributed by atoms with E-state index in [4.69, 9.17) is 0 Å². The van der Waals surface area contributed by atoms with Crippen LogP contribution in [0, 0.1) is 13.8 Å². The van der Waals surface area contributed by atoms with Gasteiger partial charge in [0.1, 0.15) is 10.8 Å². The summed E-state index contributed by atoms with van der Waals surface area (Å²) >= 11 is 1.23. The van der Waals surface area contributed by atoms with Crippen LogP contribution in [0.3, 0.4) is 0 Å². The molecule has 1 fully saturated rings. The van der Waals surface area contributed by atoms with E-state index in [1.54, 1.807) is 19.1 Å². The van der Waals surface area contributed by atoms with Crippen molar-refractivity contribution in [3.8, 4) is 0 Å². The Morgan fingerprint density at radius 2 is 1.68 bits per heavy atom. The number of aliphatic hydroxyl groups is 1. The van der Waals surface area contributed by atoms with Crippen molar-refractivity contribution in [2.45, 2.75) is 19.9 Å². The maximum Gasteiger partial charge on any atom is 0.301 e. The topological polar surface area (TPSA) is 83.4 Å². The second kappa shape index (κ2) is 7.01. The van der Waals surface area contributed by atoms with Gasteiger partial charge in [-0.25, -0.2) is 0 Å². The fraction of sp³-hybridized carbons (Fsp3) is 0.143. The summed E-state index contributed by atoms with van der Waals surface area (Å²) in [6.07, 6.45) is 0. The maximum atomic E-state index is 12.9. The SMILES string of the molecule is Cc1ccc(/C(O)=C2/C(=O)C(=O)N(c3nnc(C)s3)C2c2ccccc2)cc1. The van der Waals surface area contributed by atoms with Crippen LogP contribution < -0.4 is 4.90 Å². The van der Waals surface area contributed by atoms with E-state index >= 15 is 0 Å². The molecule has 0 aliphatic carbocycles. The molecule has 7 heteroatoms. The molecule has 0 saturated carbocycles. The quantitative estimate of drug-likeness (QED) is 0.417. The molecule has 1 atom stereocenters. The lowest BCUT2D eigenvalue weighted by Gasteiger charge is -2.22. The van der Waals surface area contributed by atoms with Crippen molar-refractivity contribution in [3.63, 3.8) is 0 Å². The minimum absolute atomic E-state index is 0.0490. The lowest BCUT2D eigenvalue weighted by molar-refractivity contribution is -0.132. The number of anilines is 1. The molecular formula is C21H17N3O3S. The molecule has 0 bridgehead atoms. The molecule has 1 saturated heterocycles. The normalized spacial score (nSPS) is 18.6. The summed E-state index contributed by atoms with van der Waals surface area (Å²) in [5, 5.41) is 20.0. The molecule has 4 rings (SSSR count). The largest absolute Gasteiger partial charge is 0.507 e. The highest BCUT2D eigenvalue weighted by Gasteiger charge is 2.48. The van der Waals surface area contributed by atoms with Gasteiger partial charge in [-0.3, -0.25) is 14.5 Å². The van der Waals surface area contributed by atoms with Gasteiger partial charge in [0.15, 0.2) is 0 Å². The molecule has 1 unspecified atom stereocenters. The summed E-state index contributed by atoms with van der Waals surface area (Å²) in [7, 11) is 0. The second-order valence-corrected chi connectivity index (χ2v) is 7.71. The smallest absolute Gasteiger partial charge is 0.301 e. The molecule has 1 N–H and O–H groups in total. The third-order valence-corrected chi connectivity index (χ3v) is 5.44. The standard InChI is InChI=1S/C21H17N3O3S/c1-12-8-10-15(11-9-12)18(25)16-17(14-6-4-3-5-7-14)24(20(27)19(16)26)21-23-22-13(2)28-21/h3-11,17,25H,1-2H3/b18-16-. The van der Waals surface area contributed by atoms with Gasteiger partial charge in [-0.15, -0.1) is 10.2 Å². The zero-order valence-electron chi connectivity index (χ0n) is 15.3. The predicted octanol–water partition coefficient (Wildman–Crippen LogP) is 3.78. The number of aromatic nitrogens is 2. The highest BCUT2D eigenvalue weighted by atomic mass is 32.1. The molecule has 3 aromatic rings. The van der Waals surface area contributed by atoms with Crippen molar-refractivity contribution in [3.05, 3.63) is 81.9 Å². The molecular weight excluding hydrogens is 374 g/mol. The fourth-order valence-electron chi connectivity index (χ4n) is 3.23. The molecule has 1 aliphatic heterocycles. The number of aryl methyl sites for hydroxylation is 2. The van der Waals surface area contributed by atoms with Crippen LogP contribution in [-0.4, -0.2) is 27.0 Å². The number of Topliss-reactive ketones (excluding diaryl/α,β-unsaturated/α-hetero) is 1. The highest BCUT2D eigenvalue weighted by molar-refractivity contribution is 7.15. The molecule has 2 aromatic carbocycles. The first-order valence-electron chi connectivity index (χ1n) is 8.70. The number of hydrogen-bond acceptors (Lipinski definition) is 6. The van der Waals surface area contributed by atoms with Gasteiger partial charge in [-0.05, 0) is 19.4 Å². The van der Waals surface area contributed by atoms with E-state index in [1.807, 2.05) is 49.4 Å². The zero-order valence-corrected chi connectivity index (χ0v) is 16.1. The predicted molar refractivity (Wildman–Crippen MR) is 107 cm³/mol. The number of amides is 1. The molecule has 1 aliphatic rings. The van der Waals surface area contributed by atoms with Crippen molar-refractivity contribution in [1.82, 2.24) is 10.2 Å². The fourth-order valence-corrected chi connectivity index (χ4v) is 3.95. The maximum absolute atomic E-state index is 12.9. The van der Waals surface area contributed by atoms with Crippen LogP contribution >= 0.6 is 11.3 Å². The average Bonchev–Trinajstić information content (AvgIpc) is 3.24. The van der Waals surface area contributed by atoms with Crippen LogP contribution in [0.25, 0.3) is 5.76 Å². The summed E-state index contributed by atoms with van der Waals surface area (Å²) in [5.74, 6) is -1.66. The van der Waals surface area contributed by atoms with Crippen LogP contribution in [0.15, 0.2) is 60.2 Å². The molecule has 0 spiro atoms. The van der Waals surface area contributed by atoms with E-state index in [0.29, 0.717) is 21.3 Å². The molecule has 6 nitrogen and oxygen atoms in total. The van der Waals surface area contributed by atoms with Crippen LogP contribution in [0.2, 0.25) is 0 Å². The van der Waals surface area contributed by atoms with Gasteiger partial charge >= 0.3 is 5.91 Å². The third kappa shape index (κ3) is 2.99. The van der Waals surface area contributed by atoms with Crippen molar-refractivity contribution >= 4 is 33.9 Å². The highest BCUT2D eigenvalue weighted by Crippen LogP contribution is 2.42. The zero-order chi connectivity index (χ0) is 19.8. The Morgan fingerprint density at radius 1 is 1.00 bits per heavy atom. The molecule has 140 valence electrons. The number of carbonyl (C=O) groups excluding carboxylic acids is 2. The number of rotatable bonds is 3. The lowest BCUT2D eigenvalue weighted by Crippen LogP contribution is -2.29. The number of hydrogen-bond donors (Lipinski definition) is 1. The summed E-state index contributed by atoms with van der Waals surface area (Å²) in [4.78, 5) is 27.1. The Morgan fingerprint density at radius 3 is 2.29 bits per heavy atom. The average molecular weight is 391 g/mol. The number of nitrogens with zero attached hydrogens (tertiary/aromatic N) is 3. The molecule has 1 amide bonds. The first-order chi connectivity index (χ1) is 13.5. The van der Waals surface area contributed by atoms with Crippen molar-refractivity contribution in [2.75, 3.05) is 4.90 Å². The van der Waals surface area contributed by atoms with Gasteiger partial charge in [-0.2, -0.15) is 0 Å². The Labute approximate surface area is 165 Å². The van der Waals surface area contributed by atoms with Crippen molar-refractivity contribution < 1.29 is 14.7 Å².